The van der Waals surface area contributed by atoms with Gasteiger partial charge in [0.15, 0.2) is 6.10 Å². The van der Waals surface area contributed by atoms with E-state index < -0.39 is 32.5 Å². The van der Waals surface area contributed by atoms with E-state index in [0.717, 1.165) is 70.6 Å². The van der Waals surface area contributed by atoms with Crippen molar-refractivity contribution >= 4 is 19.8 Å². The molecule has 56 heavy (non-hydrogen) atoms. The van der Waals surface area contributed by atoms with Crippen molar-refractivity contribution in [1.29, 1.82) is 0 Å². The Hall–Kier alpha value is -2.55. The Morgan fingerprint density at radius 3 is 1.55 bits per heavy atom. The summed E-state index contributed by atoms with van der Waals surface area (Å²) in [5.41, 5.74) is 0. The third kappa shape index (κ3) is 41.1. The van der Waals surface area contributed by atoms with Crippen molar-refractivity contribution in [3.63, 3.8) is 0 Å². The summed E-state index contributed by atoms with van der Waals surface area (Å²) in [6.45, 7) is 4.01. The third-order valence-electron chi connectivity index (χ3n) is 8.71. The van der Waals surface area contributed by atoms with Crippen molar-refractivity contribution in [2.75, 3.05) is 47.5 Å². The van der Waals surface area contributed by atoms with Crippen LogP contribution in [0.4, 0.5) is 0 Å². The fourth-order valence-corrected chi connectivity index (χ4v) is 6.05. The molecule has 2 atom stereocenters. The first kappa shape index (κ1) is 53.5. The molecule has 0 saturated carbocycles. The first-order valence-corrected chi connectivity index (χ1v) is 23.1. The summed E-state index contributed by atoms with van der Waals surface area (Å²) < 4.78 is 33.8. The minimum Gasteiger partial charge on any atom is -0.756 e. The Morgan fingerprint density at radius 1 is 0.571 bits per heavy atom. The zero-order chi connectivity index (χ0) is 41.4. The molecule has 0 heterocycles. The zero-order valence-electron chi connectivity index (χ0n) is 36.1. The second-order valence-corrected chi connectivity index (χ2v) is 16.7. The van der Waals surface area contributed by atoms with Gasteiger partial charge in [-0.3, -0.25) is 14.2 Å². The number of allylic oxidation sites excluding steroid dienone is 12. The number of unbranched alkanes of at least 4 members (excludes halogenated alkanes) is 12. The van der Waals surface area contributed by atoms with Gasteiger partial charge in [0.25, 0.3) is 7.82 Å². The highest BCUT2D eigenvalue weighted by molar-refractivity contribution is 7.45. The molecule has 0 saturated heterocycles. The predicted octanol–water partition coefficient (Wildman–Crippen LogP) is 11.6. The number of ether oxygens (including phenoxy) is 2. The maximum Gasteiger partial charge on any atom is 0.306 e. The molecule has 0 aliphatic rings. The highest BCUT2D eigenvalue weighted by Crippen LogP contribution is 2.38. The highest BCUT2D eigenvalue weighted by Gasteiger charge is 2.21. The van der Waals surface area contributed by atoms with Crippen molar-refractivity contribution in [3.05, 3.63) is 72.9 Å². The van der Waals surface area contributed by atoms with Crippen LogP contribution in [0.2, 0.25) is 0 Å². The van der Waals surface area contributed by atoms with Crippen LogP contribution in [-0.2, 0) is 32.7 Å². The van der Waals surface area contributed by atoms with Crippen molar-refractivity contribution in [1.82, 2.24) is 0 Å². The molecule has 0 bridgehead atoms. The van der Waals surface area contributed by atoms with Gasteiger partial charge in [0.05, 0.1) is 27.7 Å². The van der Waals surface area contributed by atoms with E-state index in [-0.39, 0.29) is 26.1 Å². The van der Waals surface area contributed by atoms with E-state index in [4.69, 9.17) is 18.5 Å². The van der Waals surface area contributed by atoms with E-state index in [0.29, 0.717) is 23.9 Å². The van der Waals surface area contributed by atoms with Crippen molar-refractivity contribution < 1.29 is 42.1 Å². The number of carbonyl (C=O) groups excluding carboxylic acids is 2. The number of rotatable bonds is 38. The molecule has 0 spiro atoms. The van der Waals surface area contributed by atoms with Gasteiger partial charge in [0.1, 0.15) is 19.8 Å². The molecule has 10 heteroatoms. The minimum absolute atomic E-state index is 0.0439. The smallest absolute Gasteiger partial charge is 0.306 e. The molecule has 0 rings (SSSR count). The van der Waals surface area contributed by atoms with Crippen LogP contribution in [0.25, 0.3) is 0 Å². The van der Waals surface area contributed by atoms with E-state index >= 15 is 0 Å². The van der Waals surface area contributed by atoms with Gasteiger partial charge >= 0.3 is 11.9 Å². The lowest BCUT2D eigenvalue weighted by Crippen LogP contribution is -2.37. The summed E-state index contributed by atoms with van der Waals surface area (Å²) in [5, 5.41) is 0. The van der Waals surface area contributed by atoms with Gasteiger partial charge in [0, 0.05) is 12.8 Å². The molecule has 1 unspecified atom stereocenters. The zero-order valence-corrected chi connectivity index (χ0v) is 36.9. The SMILES string of the molecule is CC/C=C/C/C=C/C/C=C/C/C=C/CCCCC(=O)O[C@H](COC(=O)CCCCCCCCC/C=C/C/C=C/CCCCC)COP(=O)([O-])OCC[N+](C)(C)C. The summed E-state index contributed by atoms with van der Waals surface area (Å²) in [7, 11) is 1.12. The number of carbonyl (C=O) groups is 2. The molecule has 0 aliphatic carbocycles. The molecule has 322 valence electrons. The van der Waals surface area contributed by atoms with Gasteiger partial charge in [-0.1, -0.05) is 132 Å². The summed E-state index contributed by atoms with van der Waals surface area (Å²) in [4.78, 5) is 37.5. The van der Waals surface area contributed by atoms with Crippen LogP contribution in [0.5, 0.6) is 0 Å². The number of phosphoric ester groups is 1. The Labute approximate surface area is 342 Å². The van der Waals surface area contributed by atoms with Crippen LogP contribution in [0.15, 0.2) is 72.9 Å². The molecule has 0 aromatic rings. The predicted molar refractivity (Wildman–Crippen MR) is 231 cm³/mol. The van der Waals surface area contributed by atoms with Gasteiger partial charge in [-0.05, 0) is 83.5 Å². The molecule has 0 fully saturated rings. The average Bonchev–Trinajstić information content (AvgIpc) is 3.15. The number of nitrogens with zero attached hydrogens (tertiary/aromatic N) is 1. The summed E-state index contributed by atoms with van der Waals surface area (Å²) in [5.74, 6) is -0.899. The number of phosphoric acid groups is 1. The highest BCUT2D eigenvalue weighted by atomic mass is 31.2. The fraction of sp³-hybridized carbons (Fsp3) is 0.696. The third-order valence-corrected chi connectivity index (χ3v) is 9.67. The number of esters is 2. The number of hydrogen-bond donors (Lipinski definition) is 0. The minimum atomic E-state index is -4.64. The summed E-state index contributed by atoms with van der Waals surface area (Å²) in [6.07, 6.45) is 46.4. The Kier molecular flexibility index (Phi) is 36.3. The topological polar surface area (TPSA) is 111 Å². The van der Waals surface area contributed by atoms with Crippen LogP contribution in [0.1, 0.15) is 155 Å². The molecule has 0 N–H and O–H groups in total. The van der Waals surface area contributed by atoms with Gasteiger partial charge in [-0.15, -0.1) is 0 Å². The standard InChI is InChI=1S/C46H80NO8P/c1-6-8-10-12-14-16-18-20-22-23-25-26-28-30-32-34-36-38-45(48)52-42-44(43-54-56(50,51)53-41-40-47(3,4)5)55-46(49)39-37-35-33-31-29-27-24-21-19-17-15-13-11-9-7-2/h9,11,14-17,20-22,24,29,31,44H,6-8,10,12-13,18-19,23,25-28,30,32-43H2,1-5H3/b11-9+,16-14+,17-15+,22-20+,24-21+,31-29+/t44-/m1/s1. The summed E-state index contributed by atoms with van der Waals surface area (Å²) in [6, 6.07) is 0. The maximum absolute atomic E-state index is 12.6. The van der Waals surface area contributed by atoms with Crippen molar-refractivity contribution in [3.8, 4) is 0 Å². The van der Waals surface area contributed by atoms with Crippen LogP contribution < -0.4 is 4.89 Å². The van der Waals surface area contributed by atoms with Crippen LogP contribution in [0.3, 0.4) is 0 Å². The second-order valence-electron chi connectivity index (χ2n) is 15.3. The Morgan fingerprint density at radius 2 is 1.02 bits per heavy atom. The second kappa shape index (κ2) is 38.0. The van der Waals surface area contributed by atoms with Gasteiger partial charge < -0.3 is 27.9 Å². The normalized spacial score (nSPS) is 14.3. The average molecular weight is 806 g/mol. The molecule has 0 aliphatic heterocycles. The van der Waals surface area contributed by atoms with Crippen LogP contribution in [-0.4, -0.2) is 70.0 Å². The molecule has 0 aromatic carbocycles. The quantitative estimate of drug-likeness (QED) is 0.0199. The number of quaternary nitrogens is 1. The van der Waals surface area contributed by atoms with E-state index in [2.05, 4.69) is 86.8 Å². The Balaban J connectivity index is 4.45. The van der Waals surface area contributed by atoms with Crippen LogP contribution in [0, 0.1) is 0 Å². The van der Waals surface area contributed by atoms with E-state index in [1.54, 1.807) is 0 Å². The van der Waals surface area contributed by atoms with E-state index in [9.17, 15) is 19.0 Å². The van der Waals surface area contributed by atoms with E-state index in [1.165, 1.54) is 44.9 Å². The number of likely N-dealkylation sites (N-methyl/N-ethyl adjacent to an activating group) is 1. The molecule has 0 radical (unpaired) electrons. The van der Waals surface area contributed by atoms with Gasteiger partial charge in [-0.2, -0.15) is 0 Å². The lowest BCUT2D eigenvalue weighted by atomic mass is 10.1. The lowest BCUT2D eigenvalue weighted by Gasteiger charge is -2.28. The largest absolute Gasteiger partial charge is 0.756 e. The van der Waals surface area contributed by atoms with E-state index in [1.807, 2.05) is 21.1 Å². The maximum atomic E-state index is 12.6. The van der Waals surface area contributed by atoms with Gasteiger partial charge in [0.2, 0.25) is 0 Å². The van der Waals surface area contributed by atoms with Gasteiger partial charge in [-0.25, -0.2) is 0 Å². The first-order chi connectivity index (χ1) is 27.0. The van der Waals surface area contributed by atoms with Crippen molar-refractivity contribution in [2.45, 2.75) is 161 Å². The first-order valence-electron chi connectivity index (χ1n) is 21.6. The molecular formula is C46H80NO8P. The fourth-order valence-electron chi connectivity index (χ4n) is 5.32. The number of hydrogen-bond acceptors (Lipinski definition) is 8. The molecule has 9 nitrogen and oxygen atoms in total. The monoisotopic (exact) mass is 806 g/mol. The molecular weight excluding hydrogens is 725 g/mol. The molecule has 0 aromatic heterocycles. The summed E-state index contributed by atoms with van der Waals surface area (Å²) >= 11 is 0. The molecule has 0 amide bonds. The van der Waals surface area contributed by atoms with Crippen LogP contribution >= 0.6 is 7.82 Å². The Bertz CT molecular complexity index is 1180. The lowest BCUT2D eigenvalue weighted by molar-refractivity contribution is -0.870. The van der Waals surface area contributed by atoms with Crippen molar-refractivity contribution in [2.24, 2.45) is 0 Å².